The third kappa shape index (κ3) is 7.01. The maximum Gasteiger partial charge on any atom is 0.309 e. The molecule has 230 valence electrons. The fraction of sp³-hybridized carbons (Fsp3) is 0.606. The van der Waals surface area contributed by atoms with E-state index in [0.717, 1.165) is 24.8 Å². The molecule has 2 aliphatic heterocycles. The van der Waals surface area contributed by atoms with Gasteiger partial charge in [-0.2, -0.15) is 5.10 Å². The molecule has 0 radical (unpaired) electrons. The van der Waals surface area contributed by atoms with Crippen molar-refractivity contribution in [1.29, 1.82) is 0 Å². The fourth-order valence-corrected chi connectivity index (χ4v) is 6.05. The number of Topliss-reactive ketones (excluding diaryl/α,β-unsaturated/α-hetero) is 1. The summed E-state index contributed by atoms with van der Waals surface area (Å²) in [5.41, 5.74) is 1.23. The molecule has 0 aliphatic carbocycles. The second kappa shape index (κ2) is 12.4. The van der Waals surface area contributed by atoms with Crippen molar-refractivity contribution in [2.75, 3.05) is 0 Å². The first-order chi connectivity index (χ1) is 19.6. The van der Waals surface area contributed by atoms with E-state index in [1.807, 2.05) is 26.0 Å². The topological polar surface area (TPSA) is 124 Å². The Hall–Kier alpha value is -2.88. The number of ether oxygens (including phenoxy) is 1. The van der Waals surface area contributed by atoms with Gasteiger partial charge in [-0.1, -0.05) is 40.2 Å². The quantitative estimate of drug-likeness (QED) is 0.346. The number of carbonyl (C=O) groups is 2. The normalized spacial score (nSPS) is 33.1. The van der Waals surface area contributed by atoms with Gasteiger partial charge in [0.15, 0.2) is 0 Å². The molecule has 42 heavy (non-hydrogen) atoms. The number of nitrogens with one attached hydrogen (secondary N) is 1. The molecule has 1 aromatic heterocycles. The van der Waals surface area contributed by atoms with Crippen LogP contribution in [0.1, 0.15) is 84.9 Å². The number of cyclic esters (lactones) is 1. The van der Waals surface area contributed by atoms with Crippen molar-refractivity contribution in [3.8, 4) is 5.69 Å². The van der Waals surface area contributed by atoms with E-state index in [1.54, 1.807) is 50.7 Å². The maximum atomic E-state index is 14.1. The van der Waals surface area contributed by atoms with Crippen LogP contribution >= 0.6 is 0 Å². The number of aliphatic hydroxyl groups is 2. The number of aliphatic hydroxyl groups excluding tert-OH is 2. The summed E-state index contributed by atoms with van der Waals surface area (Å²) in [4.78, 5) is 26.5. The number of halogens is 1. The van der Waals surface area contributed by atoms with Crippen LogP contribution in [0.2, 0.25) is 0 Å². The number of rotatable bonds is 3. The summed E-state index contributed by atoms with van der Waals surface area (Å²) in [6, 6.07) is 6.88. The van der Waals surface area contributed by atoms with E-state index in [0.29, 0.717) is 23.4 Å². The molecule has 9 heteroatoms. The summed E-state index contributed by atoms with van der Waals surface area (Å²) in [7, 11) is 0. The minimum Gasteiger partial charge on any atom is -0.458 e. The van der Waals surface area contributed by atoms with E-state index in [1.165, 1.54) is 6.07 Å². The van der Waals surface area contributed by atoms with Crippen molar-refractivity contribution in [3.63, 3.8) is 0 Å². The number of fused-ring (bicyclic) bond motifs is 1. The molecule has 2 aliphatic rings. The smallest absolute Gasteiger partial charge is 0.309 e. The molecule has 1 aromatic carbocycles. The van der Waals surface area contributed by atoms with Gasteiger partial charge in [0, 0.05) is 30.1 Å². The van der Waals surface area contributed by atoms with Gasteiger partial charge >= 0.3 is 5.97 Å². The largest absolute Gasteiger partial charge is 0.458 e. The Morgan fingerprint density at radius 2 is 1.90 bits per heavy atom. The first-order valence-electron chi connectivity index (χ1n) is 15.0. The van der Waals surface area contributed by atoms with Crippen LogP contribution in [-0.4, -0.2) is 61.6 Å². The SMILES string of the molecule is C/C(=C\c1ccn(-c2ccc(C)c(F)c2)n1)[C@@H]1C[C@@H]2N[C@]2(C)CCC[C@H](C)[C@H](O)[C@@H](C)C(=O)C(C)(C)[C@@H](O)CC(=O)O1. The van der Waals surface area contributed by atoms with E-state index >= 15 is 0 Å². The average Bonchev–Trinajstić information content (AvgIpc) is 3.32. The Morgan fingerprint density at radius 1 is 1.19 bits per heavy atom. The molecular formula is C33H46FN3O5. The fourth-order valence-electron chi connectivity index (χ4n) is 6.05. The van der Waals surface area contributed by atoms with Crippen LogP contribution < -0.4 is 5.32 Å². The molecule has 2 aromatic rings. The lowest BCUT2D eigenvalue weighted by molar-refractivity contribution is -0.154. The zero-order chi connectivity index (χ0) is 31.0. The lowest BCUT2D eigenvalue weighted by Crippen LogP contribution is -2.45. The second-order valence-electron chi connectivity index (χ2n) is 13.3. The summed E-state index contributed by atoms with van der Waals surface area (Å²) in [5.74, 6) is -1.93. The third-order valence-corrected chi connectivity index (χ3v) is 9.52. The van der Waals surface area contributed by atoms with Crippen LogP contribution in [0, 0.1) is 30.0 Å². The van der Waals surface area contributed by atoms with Gasteiger partial charge in [-0.3, -0.25) is 9.59 Å². The van der Waals surface area contributed by atoms with Crippen LogP contribution in [0.15, 0.2) is 36.0 Å². The molecule has 0 unspecified atom stereocenters. The highest BCUT2D eigenvalue weighted by atomic mass is 19.1. The van der Waals surface area contributed by atoms with Gasteiger partial charge in [0.1, 0.15) is 17.7 Å². The summed E-state index contributed by atoms with van der Waals surface area (Å²) in [6.45, 7) is 12.6. The number of ketones is 1. The first-order valence-corrected chi connectivity index (χ1v) is 15.0. The molecule has 3 N–H and O–H groups in total. The average molecular weight is 584 g/mol. The van der Waals surface area contributed by atoms with Gasteiger partial charge in [-0.25, -0.2) is 9.07 Å². The van der Waals surface area contributed by atoms with E-state index in [-0.39, 0.29) is 35.5 Å². The summed E-state index contributed by atoms with van der Waals surface area (Å²) < 4.78 is 21.7. The van der Waals surface area contributed by atoms with Crippen molar-refractivity contribution >= 4 is 17.8 Å². The van der Waals surface area contributed by atoms with Gasteiger partial charge in [-0.05, 0) is 74.9 Å². The van der Waals surface area contributed by atoms with Crippen LogP contribution in [0.4, 0.5) is 4.39 Å². The zero-order valence-electron chi connectivity index (χ0n) is 25.9. The van der Waals surface area contributed by atoms with Gasteiger partial charge in [0.05, 0.1) is 35.4 Å². The van der Waals surface area contributed by atoms with E-state index < -0.39 is 35.6 Å². The molecule has 3 heterocycles. The van der Waals surface area contributed by atoms with Crippen molar-refractivity contribution in [2.24, 2.45) is 17.3 Å². The number of aryl methyl sites for hydroxylation is 1. The Bertz CT molecular complexity index is 1340. The minimum atomic E-state index is -1.27. The number of carbonyl (C=O) groups excluding carboxylic acids is 2. The molecule has 0 bridgehead atoms. The molecule has 7 atom stereocenters. The molecule has 2 saturated heterocycles. The number of hydrogen-bond donors (Lipinski definition) is 3. The van der Waals surface area contributed by atoms with Gasteiger partial charge < -0.3 is 20.3 Å². The second-order valence-corrected chi connectivity index (χ2v) is 13.3. The molecule has 8 nitrogen and oxygen atoms in total. The number of hydrogen-bond acceptors (Lipinski definition) is 7. The Morgan fingerprint density at radius 3 is 2.60 bits per heavy atom. The van der Waals surface area contributed by atoms with Crippen LogP contribution in [0.5, 0.6) is 0 Å². The highest BCUT2D eigenvalue weighted by Gasteiger charge is 2.50. The third-order valence-electron chi connectivity index (χ3n) is 9.52. The molecule has 2 fully saturated rings. The van der Waals surface area contributed by atoms with Crippen LogP contribution in [0.3, 0.4) is 0 Å². The molecular weight excluding hydrogens is 537 g/mol. The molecule has 4 rings (SSSR count). The summed E-state index contributed by atoms with van der Waals surface area (Å²) in [5, 5.41) is 30.0. The highest BCUT2D eigenvalue weighted by molar-refractivity contribution is 5.88. The maximum absolute atomic E-state index is 14.1. The predicted molar refractivity (Wildman–Crippen MR) is 159 cm³/mol. The monoisotopic (exact) mass is 583 g/mol. The van der Waals surface area contributed by atoms with E-state index in [4.69, 9.17) is 4.74 Å². The van der Waals surface area contributed by atoms with Gasteiger partial charge in [-0.15, -0.1) is 0 Å². The molecule has 0 saturated carbocycles. The zero-order valence-corrected chi connectivity index (χ0v) is 25.9. The molecule has 0 spiro atoms. The van der Waals surface area contributed by atoms with E-state index in [2.05, 4.69) is 17.3 Å². The molecule has 0 amide bonds. The van der Waals surface area contributed by atoms with Gasteiger partial charge in [0.2, 0.25) is 0 Å². The standard InChI is InChI=1S/C33H46FN3O5/c1-19-10-11-24(16-25(19)34)37-14-12-23(36-37)15-21(3)26-17-27-33(7,35-27)13-8-9-20(2)30(40)22(4)31(41)32(5,6)28(38)18-29(39)42-26/h10-12,14-16,20,22,26-28,30,35,38,40H,8-9,13,17-18H2,1-7H3/b21-15+/t20-,22+,26-,27-,28-,30-,33+/m0/s1. The van der Waals surface area contributed by atoms with Crippen molar-refractivity contribution in [1.82, 2.24) is 15.1 Å². The predicted octanol–water partition coefficient (Wildman–Crippen LogP) is 4.92. The minimum absolute atomic E-state index is 0.0790. The number of benzene rings is 1. The Kier molecular flexibility index (Phi) is 9.45. The van der Waals surface area contributed by atoms with Gasteiger partial charge in [0.25, 0.3) is 0 Å². The lowest BCUT2D eigenvalue weighted by Gasteiger charge is -2.34. The number of aromatic nitrogens is 2. The van der Waals surface area contributed by atoms with Crippen LogP contribution in [0.25, 0.3) is 11.8 Å². The Balaban J connectivity index is 1.57. The summed E-state index contributed by atoms with van der Waals surface area (Å²) >= 11 is 0. The van der Waals surface area contributed by atoms with E-state index in [9.17, 15) is 24.2 Å². The van der Waals surface area contributed by atoms with Crippen LogP contribution in [-0.2, 0) is 14.3 Å². The first kappa shape index (κ1) is 32.0. The lowest BCUT2D eigenvalue weighted by atomic mass is 9.73. The number of esters is 1. The highest BCUT2D eigenvalue weighted by Crippen LogP contribution is 2.38. The van der Waals surface area contributed by atoms with Crippen molar-refractivity contribution in [3.05, 3.63) is 53.1 Å². The Labute approximate surface area is 248 Å². The summed E-state index contributed by atoms with van der Waals surface area (Å²) in [6.07, 6.45) is 3.68. The number of nitrogens with zero attached hydrogens (tertiary/aromatic N) is 2. The van der Waals surface area contributed by atoms with Crippen molar-refractivity contribution in [2.45, 2.75) is 110 Å². The van der Waals surface area contributed by atoms with Crippen molar-refractivity contribution < 1.29 is 28.9 Å².